The van der Waals surface area contributed by atoms with Gasteiger partial charge in [-0.25, -0.2) is 9.59 Å². The lowest BCUT2D eigenvalue weighted by molar-refractivity contribution is -0.142. The molecule has 5 nitrogen and oxygen atoms in total. The SMILES string of the molecule is CCN(C)C(=O)N1Cc2ccccc2C[C@H]1C(=O)O. The first-order valence-corrected chi connectivity index (χ1v) is 6.36. The molecule has 0 spiro atoms. The fourth-order valence-corrected chi connectivity index (χ4v) is 2.30. The smallest absolute Gasteiger partial charge is 0.326 e. The van der Waals surface area contributed by atoms with Crippen LogP contribution in [-0.2, 0) is 17.8 Å². The van der Waals surface area contributed by atoms with E-state index >= 15 is 0 Å². The third-order valence-electron chi connectivity index (χ3n) is 3.58. The molecule has 1 aromatic carbocycles. The minimum Gasteiger partial charge on any atom is -0.480 e. The lowest BCUT2D eigenvalue weighted by Gasteiger charge is -2.36. The summed E-state index contributed by atoms with van der Waals surface area (Å²) in [4.78, 5) is 26.6. The van der Waals surface area contributed by atoms with Crippen molar-refractivity contribution in [2.75, 3.05) is 13.6 Å². The highest BCUT2D eigenvalue weighted by molar-refractivity contribution is 5.83. The zero-order valence-corrected chi connectivity index (χ0v) is 11.2. The first kappa shape index (κ1) is 13.4. The van der Waals surface area contributed by atoms with Crippen LogP contribution in [0, 0.1) is 0 Å². The molecule has 1 heterocycles. The number of benzene rings is 1. The van der Waals surface area contributed by atoms with Crippen molar-refractivity contribution in [3.63, 3.8) is 0 Å². The molecule has 0 radical (unpaired) electrons. The first-order valence-electron chi connectivity index (χ1n) is 6.36. The Kier molecular flexibility index (Phi) is 3.74. The molecule has 102 valence electrons. The average molecular weight is 262 g/mol. The van der Waals surface area contributed by atoms with Gasteiger partial charge in [0.2, 0.25) is 0 Å². The number of aliphatic carboxylic acids is 1. The molecule has 1 atom stereocenters. The quantitative estimate of drug-likeness (QED) is 0.880. The Morgan fingerprint density at radius 2 is 2.00 bits per heavy atom. The highest BCUT2D eigenvalue weighted by Gasteiger charge is 2.35. The molecular weight excluding hydrogens is 244 g/mol. The second-order valence-electron chi connectivity index (χ2n) is 4.75. The van der Waals surface area contributed by atoms with E-state index in [0.717, 1.165) is 11.1 Å². The Bertz CT molecular complexity index is 501. The monoisotopic (exact) mass is 262 g/mol. The molecule has 0 unspecified atom stereocenters. The Morgan fingerprint density at radius 1 is 1.37 bits per heavy atom. The van der Waals surface area contributed by atoms with Crippen LogP contribution >= 0.6 is 0 Å². The standard InChI is InChI=1S/C14H18N2O3/c1-3-15(2)14(19)16-9-11-7-5-4-6-10(11)8-12(16)13(17)18/h4-7,12H,3,8-9H2,1-2H3,(H,17,18)/t12-/m0/s1. The largest absolute Gasteiger partial charge is 0.480 e. The predicted molar refractivity (Wildman–Crippen MR) is 70.8 cm³/mol. The number of carbonyl (C=O) groups is 2. The molecule has 0 saturated heterocycles. The number of hydrogen-bond acceptors (Lipinski definition) is 2. The van der Waals surface area contributed by atoms with E-state index in [1.807, 2.05) is 31.2 Å². The number of fused-ring (bicyclic) bond motifs is 1. The van der Waals surface area contributed by atoms with E-state index in [1.54, 1.807) is 7.05 Å². The summed E-state index contributed by atoms with van der Waals surface area (Å²) in [6, 6.07) is 6.66. The number of rotatable bonds is 2. The van der Waals surface area contributed by atoms with Crippen LogP contribution in [0.4, 0.5) is 4.79 Å². The van der Waals surface area contributed by atoms with Gasteiger partial charge in [-0.2, -0.15) is 0 Å². The summed E-state index contributed by atoms with van der Waals surface area (Å²) in [6.45, 7) is 2.78. The second kappa shape index (κ2) is 5.30. The first-order chi connectivity index (χ1) is 9.04. The third-order valence-corrected chi connectivity index (χ3v) is 3.58. The second-order valence-corrected chi connectivity index (χ2v) is 4.75. The molecule has 0 fully saturated rings. The molecule has 5 heteroatoms. The van der Waals surface area contributed by atoms with Crippen molar-refractivity contribution in [2.45, 2.75) is 25.9 Å². The molecule has 2 amide bonds. The lowest BCUT2D eigenvalue weighted by atomic mass is 9.94. The summed E-state index contributed by atoms with van der Waals surface area (Å²) in [5.74, 6) is -0.952. The number of amides is 2. The van der Waals surface area contributed by atoms with Gasteiger partial charge >= 0.3 is 12.0 Å². The zero-order chi connectivity index (χ0) is 14.0. The van der Waals surface area contributed by atoms with E-state index in [1.165, 1.54) is 9.80 Å². The van der Waals surface area contributed by atoms with Gasteiger partial charge in [0, 0.05) is 26.6 Å². The molecule has 0 aromatic heterocycles. The van der Waals surface area contributed by atoms with Gasteiger partial charge in [-0.15, -0.1) is 0 Å². The maximum Gasteiger partial charge on any atom is 0.326 e. The highest BCUT2D eigenvalue weighted by Crippen LogP contribution is 2.24. The number of carboxylic acid groups (broad SMARTS) is 1. The Hall–Kier alpha value is -2.04. The van der Waals surface area contributed by atoms with Gasteiger partial charge in [-0.05, 0) is 18.1 Å². The van der Waals surface area contributed by atoms with Crippen molar-refractivity contribution in [1.82, 2.24) is 9.80 Å². The summed E-state index contributed by atoms with van der Waals surface area (Å²) in [5, 5.41) is 9.33. The van der Waals surface area contributed by atoms with Crippen molar-refractivity contribution >= 4 is 12.0 Å². The molecule has 0 saturated carbocycles. The van der Waals surface area contributed by atoms with Crippen LogP contribution in [0.3, 0.4) is 0 Å². The molecular formula is C14H18N2O3. The van der Waals surface area contributed by atoms with Crippen molar-refractivity contribution < 1.29 is 14.7 Å². The molecule has 1 aliphatic heterocycles. The fraction of sp³-hybridized carbons (Fsp3) is 0.429. The van der Waals surface area contributed by atoms with Crippen molar-refractivity contribution in [3.05, 3.63) is 35.4 Å². The van der Waals surface area contributed by atoms with Gasteiger partial charge in [-0.3, -0.25) is 0 Å². The van der Waals surface area contributed by atoms with Gasteiger partial charge < -0.3 is 14.9 Å². The number of carbonyl (C=O) groups excluding carboxylic acids is 1. The molecule has 0 aliphatic carbocycles. The fourth-order valence-electron chi connectivity index (χ4n) is 2.30. The van der Waals surface area contributed by atoms with Gasteiger partial charge in [-0.1, -0.05) is 24.3 Å². The molecule has 1 aliphatic rings. The average Bonchev–Trinajstić information content (AvgIpc) is 2.44. The molecule has 0 bridgehead atoms. The van der Waals surface area contributed by atoms with Crippen LogP contribution in [0.2, 0.25) is 0 Å². The summed E-state index contributed by atoms with van der Waals surface area (Å²) in [6.07, 6.45) is 0.370. The Labute approximate surface area is 112 Å². The number of carboxylic acids is 1. The summed E-state index contributed by atoms with van der Waals surface area (Å²) < 4.78 is 0. The normalized spacial score (nSPS) is 17.8. The molecule has 2 rings (SSSR count). The van der Waals surface area contributed by atoms with Crippen LogP contribution in [-0.4, -0.2) is 46.5 Å². The van der Waals surface area contributed by atoms with Gasteiger partial charge in [0.1, 0.15) is 6.04 Å². The van der Waals surface area contributed by atoms with Crippen molar-refractivity contribution in [1.29, 1.82) is 0 Å². The third kappa shape index (κ3) is 2.54. The molecule has 1 N–H and O–H groups in total. The van der Waals surface area contributed by atoms with Crippen LogP contribution < -0.4 is 0 Å². The molecule has 19 heavy (non-hydrogen) atoms. The van der Waals surface area contributed by atoms with Crippen LogP contribution in [0.15, 0.2) is 24.3 Å². The summed E-state index contributed by atoms with van der Waals surface area (Å²) in [5.41, 5.74) is 2.04. The van der Waals surface area contributed by atoms with Crippen LogP contribution in [0.1, 0.15) is 18.1 Å². The van der Waals surface area contributed by atoms with Crippen molar-refractivity contribution in [2.24, 2.45) is 0 Å². The maximum atomic E-state index is 12.2. The zero-order valence-electron chi connectivity index (χ0n) is 11.2. The summed E-state index contributed by atoms with van der Waals surface area (Å²) in [7, 11) is 1.68. The van der Waals surface area contributed by atoms with Gasteiger partial charge in [0.15, 0.2) is 0 Å². The molecule has 1 aromatic rings. The minimum atomic E-state index is -0.952. The Morgan fingerprint density at radius 3 is 2.58 bits per heavy atom. The van der Waals surface area contributed by atoms with Gasteiger partial charge in [0.05, 0.1) is 0 Å². The number of nitrogens with zero attached hydrogens (tertiary/aromatic N) is 2. The summed E-state index contributed by atoms with van der Waals surface area (Å²) >= 11 is 0. The van der Waals surface area contributed by atoms with Crippen LogP contribution in [0.5, 0.6) is 0 Å². The van der Waals surface area contributed by atoms with E-state index in [9.17, 15) is 14.7 Å². The van der Waals surface area contributed by atoms with E-state index in [0.29, 0.717) is 19.5 Å². The van der Waals surface area contributed by atoms with E-state index in [2.05, 4.69) is 0 Å². The van der Waals surface area contributed by atoms with E-state index in [-0.39, 0.29) is 6.03 Å². The maximum absolute atomic E-state index is 12.2. The van der Waals surface area contributed by atoms with Crippen molar-refractivity contribution in [3.8, 4) is 0 Å². The minimum absolute atomic E-state index is 0.232. The Balaban J connectivity index is 2.31. The topological polar surface area (TPSA) is 60.9 Å². The number of hydrogen-bond donors (Lipinski definition) is 1. The van der Waals surface area contributed by atoms with E-state index < -0.39 is 12.0 Å². The lowest BCUT2D eigenvalue weighted by Crippen LogP contribution is -2.52. The van der Waals surface area contributed by atoms with E-state index in [4.69, 9.17) is 0 Å². The predicted octanol–water partition coefficient (Wildman–Crippen LogP) is 1.57. The van der Waals surface area contributed by atoms with Gasteiger partial charge in [0.25, 0.3) is 0 Å². The highest BCUT2D eigenvalue weighted by atomic mass is 16.4. The van der Waals surface area contributed by atoms with Crippen LogP contribution in [0.25, 0.3) is 0 Å². The number of urea groups is 1.